The second kappa shape index (κ2) is 9.07. The second-order valence-corrected chi connectivity index (χ2v) is 12.9. The van der Waals surface area contributed by atoms with Crippen molar-refractivity contribution in [3.05, 3.63) is 29.1 Å². The van der Waals surface area contributed by atoms with Gasteiger partial charge in [-0.1, -0.05) is 20.8 Å². The molecule has 1 rings (SSSR count). The van der Waals surface area contributed by atoms with E-state index in [1.165, 1.54) is 13.1 Å². The van der Waals surface area contributed by atoms with E-state index in [-0.39, 0.29) is 0 Å². The highest BCUT2D eigenvalue weighted by Crippen LogP contribution is 2.40. The lowest BCUT2D eigenvalue weighted by molar-refractivity contribution is -0.276. The quantitative estimate of drug-likeness (QED) is 0.111. The van der Waals surface area contributed by atoms with Crippen molar-refractivity contribution in [3.8, 4) is 5.75 Å². The first-order valence-corrected chi connectivity index (χ1v) is 11.5. The van der Waals surface area contributed by atoms with Gasteiger partial charge in [-0.2, -0.15) is 30.7 Å². The summed E-state index contributed by atoms with van der Waals surface area (Å²) in [5, 5.41) is -0.678. The molecule has 0 aliphatic rings. The standard InChI is InChI=1S/C17H18F10O4Si/c1-15(2,3)32(4,5)29-6-16(23,24)13(17(25,26)27)31-14(28)30-12-10(21)8(19)7(18)9(20)11(12)22/h13H,6H2,1-5H3. The summed E-state index contributed by atoms with van der Waals surface area (Å²) in [4.78, 5) is 11.5. The molecule has 4 nitrogen and oxygen atoms in total. The number of ether oxygens (including phenoxy) is 2. The zero-order chi connectivity index (χ0) is 25.4. The van der Waals surface area contributed by atoms with Gasteiger partial charge < -0.3 is 13.9 Å². The van der Waals surface area contributed by atoms with Crippen LogP contribution in [0.5, 0.6) is 5.75 Å². The van der Waals surface area contributed by atoms with Crippen LogP contribution in [0.3, 0.4) is 0 Å². The molecule has 1 atom stereocenters. The van der Waals surface area contributed by atoms with Crippen molar-refractivity contribution in [2.75, 3.05) is 6.61 Å². The molecule has 0 radical (unpaired) electrons. The number of benzene rings is 1. The molecule has 1 aromatic rings. The number of hydrogen-bond acceptors (Lipinski definition) is 4. The number of halogens is 10. The number of carbonyl (C=O) groups excluding carboxylic acids is 1. The molecule has 0 amide bonds. The normalized spacial score (nSPS) is 14.3. The first-order valence-electron chi connectivity index (χ1n) is 8.62. The largest absolute Gasteiger partial charge is 0.514 e. The Hall–Kier alpha value is -2.03. The fraction of sp³-hybridized carbons (Fsp3) is 0.588. The Balaban J connectivity index is 3.15. The first kappa shape index (κ1) is 28.0. The molecule has 1 aromatic carbocycles. The summed E-state index contributed by atoms with van der Waals surface area (Å²) in [7, 11) is -2.99. The van der Waals surface area contributed by atoms with Crippen LogP contribution in [0.1, 0.15) is 20.8 Å². The maximum Gasteiger partial charge on any atom is 0.514 e. The van der Waals surface area contributed by atoms with Gasteiger partial charge in [-0.15, -0.1) is 0 Å². The maximum absolute atomic E-state index is 14.3. The highest BCUT2D eigenvalue weighted by atomic mass is 28.4. The van der Waals surface area contributed by atoms with Gasteiger partial charge in [-0.3, -0.25) is 0 Å². The molecule has 0 heterocycles. The molecule has 1 unspecified atom stereocenters. The second-order valence-electron chi connectivity index (χ2n) is 8.10. The number of rotatable bonds is 6. The van der Waals surface area contributed by atoms with Crippen molar-refractivity contribution in [3.63, 3.8) is 0 Å². The summed E-state index contributed by atoms with van der Waals surface area (Å²) in [6, 6.07) is 0. The minimum absolute atomic E-state index is 0.678. The van der Waals surface area contributed by atoms with E-state index in [1.807, 2.05) is 0 Å². The third kappa shape index (κ3) is 6.05. The van der Waals surface area contributed by atoms with E-state index in [0.717, 1.165) is 0 Å². The highest BCUT2D eigenvalue weighted by Gasteiger charge is 2.60. The van der Waals surface area contributed by atoms with Crippen molar-refractivity contribution < 1.29 is 62.6 Å². The fourth-order valence-corrected chi connectivity index (χ4v) is 2.83. The van der Waals surface area contributed by atoms with Crippen molar-refractivity contribution in [2.24, 2.45) is 0 Å². The minimum Gasteiger partial charge on any atom is -0.414 e. The van der Waals surface area contributed by atoms with Gasteiger partial charge in [-0.05, 0) is 18.1 Å². The van der Waals surface area contributed by atoms with E-state index < -0.39 is 79.2 Å². The molecule has 0 bridgehead atoms. The highest BCUT2D eigenvalue weighted by molar-refractivity contribution is 6.74. The molecule has 0 aromatic heterocycles. The predicted octanol–water partition coefficient (Wildman–Crippen LogP) is 6.49. The molecule has 0 N–H and O–H groups in total. The third-order valence-electron chi connectivity index (χ3n) is 4.68. The Labute approximate surface area is 176 Å². The summed E-state index contributed by atoms with van der Waals surface area (Å²) in [6.07, 6.45) is -12.9. The number of alkyl halides is 5. The zero-order valence-electron chi connectivity index (χ0n) is 17.2. The van der Waals surface area contributed by atoms with Crippen molar-refractivity contribution >= 4 is 14.5 Å². The van der Waals surface area contributed by atoms with Crippen molar-refractivity contribution in [2.45, 2.75) is 57.1 Å². The van der Waals surface area contributed by atoms with E-state index in [9.17, 15) is 48.7 Å². The Morgan fingerprint density at radius 2 is 1.25 bits per heavy atom. The van der Waals surface area contributed by atoms with Crippen LogP contribution in [0.2, 0.25) is 18.1 Å². The molecular weight excluding hydrogens is 486 g/mol. The Morgan fingerprint density at radius 1 is 0.844 bits per heavy atom. The lowest BCUT2D eigenvalue weighted by atomic mass is 10.2. The molecule has 184 valence electrons. The SMILES string of the molecule is CC(C)(C)[Si](C)(C)OCC(F)(F)C(OC(=O)Oc1c(F)c(F)c(F)c(F)c1F)C(F)(F)F. The van der Waals surface area contributed by atoms with Gasteiger partial charge in [0, 0.05) is 0 Å². The topological polar surface area (TPSA) is 44.8 Å². The van der Waals surface area contributed by atoms with Crippen LogP contribution in [0, 0.1) is 29.1 Å². The van der Waals surface area contributed by atoms with Gasteiger partial charge in [0.05, 0.1) is 0 Å². The zero-order valence-corrected chi connectivity index (χ0v) is 18.2. The summed E-state index contributed by atoms with van der Waals surface area (Å²) in [5.74, 6) is -20.5. The summed E-state index contributed by atoms with van der Waals surface area (Å²) in [5.41, 5.74) is 0. The summed E-state index contributed by atoms with van der Waals surface area (Å²) in [6.45, 7) is 5.88. The van der Waals surface area contributed by atoms with Crippen LogP contribution in [0.25, 0.3) is 0 Å². The predicted molar refractivity (Wildman–Crippen MR) is 91.3 cm³/mol. The first-order chi connectivity index (χ1) is 14.1. The maximum atomic E-state index is 14.3. The third-order valence-corrected chi connectivity index (χ3v) is 9.16. The molecule has 0 fully saturated rings. The number of hydrogen-bond donors (Lipinski definition) is 0. The Morgan fingerprint density at radius 3 is 1.62 bits per heavy atom. The molecule has 0 aliphatic heterocycles. The van der Waals surface area contributed by atoms with Crippen molar-refractivity contribution in [1.29, 1.82) is 0 Å². The van der Waals surface area contributed by atoms with Gasteiger partial charge >= 0.3 is 18.3 Å². The molecule has 0 aliphatic carbocycles. The van der Waals surface area contributed by atoms with Crippen LogP contribution in [-0.4, -0.2) is 39.3 Å². The van der Waals surface area contributed by atoms with Crippen LogP contribution >= 0.6 is 0 Å². The van der Waals surface area contributed by atoms with Gasteiger partial charge in [0.25, 0.3) is 6.10 Å². The smallest absolute Gasteiger partial charge is 0.414 e. The van der Waals surface area contributed by atoms with Gasteiger partial charge in [0.2, 0.25) is 34.8 Å². The van der Waals surface area contributed by atoms with Crippen molar-refractivity contribution in [1.82, 2.24) is 0 Å². The monoisotopic (exact) mass is 504 g/mol. The Bertz CT molecular complexity index is 835. The van der Waals surface area contributed by atoms with Crippen LogP contribution in [-0.2, 0) is 9.16 Å². The fourth-order valence-electron chi connectivity index (χ4n) is 1.84. The van der Waals surface area contributed by atoms with Crippen LogP contribution < -0.4 is 4.74 Å². The van der Waals surface area contributed by atoms with Crippen LogP contribution in [0.15, 0.2) is 0 Å². The number of carbonyl (C=O) groups is 1. The summed E-state index contributed by atoms with van der Waals surface area (Å²) < 4.78 is 146. The van der Waals surface area contributed by atoms with E-state index in [2.05, 4.69) is 9.47 Å². The minimum atomic E-state index is -5.92. The molecule has 0 saturated heterocycles. The van der Waals surface area contributed by atoms with E-state index in [4.69, 9.17) is 4.43 Å². The lowest BCUT2D eigenvalue weighted by Gasteiger charge is -2.38. The molecule has 32 heavy (non-hydrogen) atoms. The van der Waals surface area contributed by atoms with Crippen LogP contribution in [0.4, 0.5) is 48.7 Å². The van der Waals surface area contributed by atoms with E-state index >= 15 is 0 Å². The molecule has 0 saturated carbocycles. The Kier molecular flexibility index (Phi) is 7.94. The van der Waals surface area contributed by atoms with Gasteiger partial charge in [0.1, 0.15) is 6.61 Å². The van der Waals surface area contributed by atoms with Gasteiger partial charge in [-0.25, -0.2) is 18.0 Å². The molecule has 15 heteroatoms. The molecular formula is C17H18F10O4Si. The summed E-state index contributed by atoms with van der Waals surface area (Å²) >= 11 is 0. The average molecular weight is 504 g/mol. The van der Waals surface area contributed by atoms with Gasteiger partial charge in [0.15, 0.2) is 8.32 Å². The van der Waals surface area contributed by atoms with E-state index in [1.54, 1.807) is 20.8 Å². The molecule has 0 spiro atoms. The van der Waals surface area contributed by atoms with E-state index in [0.29, 0.717) is 0 Å². The lowest BCUT2D eigenvalue weighted by Crippen LogP contribution is -2.53. The average Bonchev–Trinajstić information content (AvgIpc) is 2.63.